The minimum atomic E-state index is 0.643. The van der Waals surface area contributed by atoms with Crippen LogP contribution in [0.4, 0.5) is 5.69 Å². The predicted octanol–water partition coefficient (Wildman–Crippen LogP) is 6.39. The summed E-state index contributed by atoms with van der Waals surface area (Å²) in [4.78, 5) is 8.56. The largest absolute Gasteiger partial charge is 0.441 e. The van der Waals surface area contributed by atoms with Gasteiger partial charge in [-0.1, -0.05) is 39.3 Å². The number of aryl methyl sites for hydroxylation is 2. The van der Waals surface area contributed by atoms with Gasteiger partial charge in [-0.3, -0.25) is 4.99 Å². The van der Waals surface area contributed by atoms with Gasteiger partial charge in [0, 0.05) is 23.7 Å². The topological polar surface area (TPSA) is 38.4 Å². The van der Waals surface area contributed by atoms with E-state index in [1.807, 2.05) is 66.7 Å². The number of halogens is 1. The molecule has 0 atom stereocenters. The molecule has 0 aliphatic heterocycles. The molecule has 0 saturated carbocycles. The lowest BCUT2D eigenvalue weighted by molar-refractivity contribution is 0.534. The van der Waals surface area contributed by atoms with Crippen LogP contribution in [-0.2, 0) is 0 Å². The van der Waals surface area contributed by atoms with Gasteiger partial charge in [0.15, 0.2) is 11.7 Å². The van der Waals surface area contributed by atoms with Crippen molar-refractivity contribution in [1.29, 1.82) is 0 Å². The first-order valence-corrected chi connectivity index (χ1v) is 7.72. The molecule has 0 N–H and O–H groups in total. The Morgan fingerprint density at radius 3 is 2.24 bits per heavy atom. The lowest BCUT2D eigenvalue weighted by atomic mass is 10.1. The molecule has 21 heavy (non-hydrogen) atoms. The molecule has 2 rings (SSSR count). The van der Waals surface area contributed by atoms with Crippen molar-refractivity contribution >= 4 is 23.5 Å². The highest BCUT2D eigenvalue weighted by Gasteiger charge is 2.13. The van der Waals surface area contributed by atoms with Crippen molar-refractivity contribution in [3.8, 4) is 11.3 Å². The van der Waals surface area contributed by atoms with Crippen LogP contribution in [0.3, 0.4) is 0 Å². The fraction of sp³-hybridized carbons (Fsp3) is 0.412. The van der Waals surface area contributed by atoms with Gasteiger partial charge < -0.3 is 4.42 Å². The summed E-state index contributed by atoms with van der Waals surface area (Å²) in [6.45, 7) is 13.6. The molecule has 0 radical (unpaired) electrons. The van der Waals surface area contributed by atoms with Crippen LogP contribution in [0.25, 0.3) is 11.3 Å². The lowest BCUT2D eigenvalue weighted by Gasteiger charge is -2.03. The van der Waals surface area contributed by atoms with E-state index in [9.17, 15) is 0 Å². The lowest BCUT2D eigenvalue weighted by Crippen LogP contribution is -1.81. The predicted molar refractivity (Wildman–Crippen MR) is 92.9 cm³/mol. The fourth-order valence-electron chi connectivity index (χ4n) is 1.72. The molecular weight excluding hydrogens is 284 g/mol. The van der Waals surface area contributed by atoms with E-state index in [1.165, 1.54) is 0 Å². The zero-order chi connectivity index (χ0) is 16.4. The Balaban J connectivity index is 0.000000921. The summed E-state index contributed by atoms with van der Waals surface area (Å²) in [5.41, 5.74) is 2.54. The molecule has 116 valence electrons. The Hall–Kier alpha value is -1.61. The van der Waals surface area contributed by atoms with Crippen molar-refractivity contribution in [2.45, 2.75) is 48.5 Å². The summed E-state index contributed by atoms with van der Waals surface area (Å²) in [5, 5.41) is 0.656. The standard InChI is InChI=1S/C13H13ClN2O.2C2H6/c1-4-15-12-6-5-10(14)7-11(12)13-8(2)16-9(3)17-13;2*1-2/h4-7H,1-3H3;2*1-2H3. The van der Waals surface area contributed by atoms with Crippen molar-refractivity contribution in [2.24, 2.45) is 4.99 Å². The normalized spacial score (nSPS) is 9.71. The SMILES string of the molecule is CC.CC.CC=Nc1ccc(Cl)cc1-c1oc(C)nc1C. The smallest absolute Gasteiger partial charge is 0.192 e. The molecule has 1 aromatic carbocycles. The number of oxazole rings is 1. The van der Waals surface area contributed by atoms with Gasteiger partial charge >= 0.3 is 0 Å². The van der Waals surface area contributed by atoms with Crippen LogP contribution in [0, 0.1) is 13.8 Å². The van der Waals surface area contributed by atoms with Gasteiger partial charge in [0.1, 0.15) is 0 Å². The minimum Gasteiger partial charge on any atom is -0.441 e. The maximum atomic E-state index is 6.01. The molecule has 1 aromatic heterocycles. The number of benzene rings is 1. The Kier molecular flexibility index (Phi) is 9.39. The van der Waals surface area contributed by atoms with E-state index in [0.29, 0.717) is 10.9 Å². The second-order valence-electron chi connectivity index (χ2n) is 3.70. The van der Waals surface area contributed by atoms with Crippen LogP contribution >= 0.6 is 11.6 Å². The fourth-order valence-corrected chi connectivity index (χ4v) is 1.90. The molecule has 0 saturated heterocycles. The monoisotopic (exact) mass is 308 g/mol. The number of rotatable bonds is 2. The summed E-state index contributed by atoms with van der Waals surface area (Å²) in [6, 6.07) is 5.53. The molecule has 0 unspecified atom stereocenters. The number of hydrogen-bond acceptors (Lipinski definition) is 3. The molecule has 1 heterocycles. The van der Waals surface area contributed by atoms with Gasteiger partial charge in [-0.15, -0.1) is 0 Å². The average molecular weight is 309 g/mol. The molecule has 0 amide bonds. The molecule has 0 bridgehead atoms. The first-order valence-electron chi connectivity index (χ1n) is 7.34. The zero-order valence-electron chi connectivity index (χ0n) is 14.0. The van der Waals surface area contributed by atoms with Gasteiger partial charge in [0.05, 0.1) is 11.4 Å². The summed E-state index contributed by atoms with van der Waals surface area (Å²) in [6.07, 6.45) is 1.74. The van der Waals surface area contributed by atoms with Gasteiger partial charge in [-0.2, -0.15) is 0 Å². The second kappa shape index (κ2) is 10.2. The second-order valence-corrected chi connectivity index (χ2v) is 4.13. The Labute approximate surface area is 133 Å². The Bertz CT molecular complexity index is 574. The van der Waals surface area contributed by atoms with E-state index >= 15 is 0 Å². The van der Waals surface area contributed by atoms with Crippen LogP contribution in [0.2, 0.25) is 5.02 Å². The Morgan fingerprint density at radius 1 is 1.14 bits per heavy atom. The van der Waals surface area contributed by atoms with E-state index in [2.05, 4.69) is 9.98 Å². The molecule has 2 aromatic rings. The number of nitrogens with zero attached hydrogens (tertiary/aromatic N) is 2. The third kappa shape index (κ3) is 5.35. The van der Waals surface area contributed by atoms with Crippen molar-refractivity contribution in [3.63, 3.8) is 0 Å². The van der Waals surface area contributed by atoms with Crippen molar-refractivity contribution in [1.82, 2.24) is 4.98 Å². The van der Waals surface area contributed by atoms with Crippen molar-refractivity contribution in [3.05, 3.63) is 34.8 Å². The van der Waals surface area contributed by atoms with Crippen LogP contribution in [0.15, 0.2) is 27.6 Å². The highest BCUT2D eigenvalue weighted by molar-refractivity contribution is 6.31. The number of aliphatic imine (C=N–C) groups is 1. The third-order valence-corrected chi connectivity index (χ3v) is 2.61. The molecule has 4 heteroatoms. The van der Waals surface area contributed by atoms with E-state index in [1.54, 1.807) is 6.21 Å². The maximum absolute atomic E-state index is 6.01. The average Bonchev–Trinajstić information content (AvgIpc) is 2.84. The molecule has 0 spiro atoms. The molecule has 0 fully saturated rings. The minimum absolute atomic E-state index is 0.643. The van der Waals surface area contributed by atoms with Crippen LogP contribution < -0.4 is 0 Å². The van der Waals surface area contributed by atoms with Crippen LogP contribution in [0.5, 0.6) is 0 Å². The van der Waals surface area contributed by atoms with E-state index in [0.717, 1.165) is 22.7 Å². The maximum Gasteiger partial charge on any atom is 0.192 e. The molecule has 0 aliphatic rings. The highest BCUT2D eigenvalue weighted by Crippen LogP contribution is 2.34. The van der Waals surface area contributed by atoms with E-state index in [-0.39, 0.29) is 0 Å². The summed E-state index contributed by atoms with van der Waals surface area (Å²) >= 11 is 6.01. The van der Waals surface area contributed by atoms with Gasteiger partial charge in [-0.25, -0.2) is 4.98 Å². The third-order valence-electron chi connectivity index (χ3n) is 2.37. The molecular formula is C17H25ClN2O. The first kappa shape index (κ1) is 19.4. The summed E-state index contributed by atoms with van der Waals surface area (Å²) < 4.78 is 5.60. The van der Waals surface area contributed by atoms with Crippen molar-refractivity contribution in [2.75, 3.05) is 0 Å². The zero-order valence-corrected chi connectivity index (χ0v) is 14.7. The van der Waals surface area contributed by atoms with Gasteiger partial charge in [0.2, 0.25) is 0 Å². The summed E-state index contributed by atoms with van der Waals surface area (Å²) in [7, 11) is 0. The highest BCUT2D eigenvalue weighted by atomic mass is 35.5. The molecule has 3 nitrogen and oxygen atoms in total. The van der Waals surface area contributed by atoms with Gasteiger partial charge in [0.25, 0.3) is 0 Å². The van der Waals surface area contributed by atoms with E-state index < -0.39 is 0 Å². The molecule has 0 aliphatic carbocycles. The number of hydrogen-bond donors (Lipinski definition) is 0. The number of aromatic nitrogens is 1. The van der Waals surface area contributed by atoms with Crippen molar-refractivity contribution < 1.29 is 4.42 Å². The van der Waals surface area contributed by atoms with E-state index in [4.69, 9.17) is 16.0 Å². The van der Waals surface area contributed by atoms with Crippen LogP contribution in [0.1, 0.15) is 46.2 Å². The first-order chi connectivity index (χ1) is 10.1. The van der Waals surface area contributed by atoms with Gasteiger partial charge in [-0.05, 0) is 32.0 Å². The quantitative estimate of drug-likeness (QED) is 0.603. The Morgan fingerprint density at radius 2 is 1.76 bits per heavy atom. The van der Waals surface area contributed by atoms with Crippen LogP contribution in [-0.4, -0.2) is 11.2 Å². The summed E-state index contributed by atoms with van der Waals surface area (Å²) in [5.74, 6) is 1.37.